The molecule has 0 spiro atoms. The van der Waals surface area contributed by atoms with Gasteiger partial charge in [0.05, 0.1) is 11.6 Å². The fraction of sp³-hybridized carbons (Fsp3) is 0.467. The Morgan fingerprint density at radius 2 is 2.24 bits per heavy atom. The molecule has 1 unspecified atom stereocenters. The molecule has 2 aromatic rings. The highest BCUT2D eigenvalue weighted by Gasteiger charge is 2.29. The van der Waals surface area contributed by atoms with Gasteiger partial charge in [-0.15, -0.1) is 0 Å². The maximum absolute atomic E-state index is 9.44. The SMILES string of the molecule is Cc1nc(C2CCCCN2c2nccc(C)c2C#N)n[nH]1. The van der Waals surface area contributed by atoms with E-state index in [0.29, 0.717) is 5.56 Å². The Morgan fingerprint density at radius 3 is 2.95 bits per heavy atom. The lowest BCUT2D eigenvalue weighted by molar-refractivity contribution is 0.453. The largest absolute Gasteiger partial charge is 0.345 e. The summed E-state index contributed by atoms with van der Waals surface area (Å²) in [6.07, 6.45) is 4.99. The molecule has 6 nitrogen and oxygen atoms in total. The van der Waals surface area contributed by atoms with Gasteiger partial charge in [0.15, 0.2) is 5.82 Å². The first-order valence-electron chi connectivity index (χ1n) is 7.22. The third-order valence-electron chi connectivity index (χ3n) is 3.94. The normalized spacial score (nSPS) is 18.5. The average Bonchev–Trinajstić information content (AvgIpc) is 2.93. The van der Waals surface area contributed by atoms with Crippen LogP contribution in [0.5, 0.6) is 0 Å². The Morgan fingerprint density at radius 1 is 1.38 bits per heavy atom. The van der Waals surface area contributed by atoms with Gasteiger partial charge in [-0.2, -0.15) is 10.4 Å². The molecule has 0 radical (unpaired) electrons. The van der Waals surface area contributed by atoms with Crippen LogP contribution in [0.4, 0.5) is 5.82 Å². The monoisotopic (exact) mass is 282 g/mol. The van der Waals surface area contributed by atoms with E-state index in [-0.39, 0.29) is 6.04 Å². The molecule has 6 heteroatoms. The lowest BCUT2D eigenvalue weighted by atomic mass is 10.00. The quantitative estimate of drug-likeness (QED) is 0.914. The van der Waals surface area contributed by atoms with Crippen molar-refractivity contribution >= 4 is 5.82 Å². The Hall–Kier alpha value is -2.42. The number of anilines is 1. The summed E-state index contributed by atoms with van der Waals surface area (Å²) in [6.45, 7) is 4.72. The summed E-state index contributed by atoms with van der Waals surface area (Å²) in [5.41, 5.74) is 1.61. The van der Waals surface area contributed by atoms with Gasteiger partial charge < -0.3 is 4.90 Å². The molecule has 3 heterocycles. The van der Waals surface area contributed by atoms with E-state index in [2.05, 4.69) is 31.1 Å². The summed E-state index contributed by atoms with van der Waals surface area (Å²) < 4.78 is 0. The zero-order chi connectivity index (χ0) is 14.8. The van der Waals surface area contributed by atoms with Gasteiger partial charge in [-0.1, -0.05) is 0 Å². The van der Waals surface area contributed by atoms with Crippen molar-refractivity contribution in [2.24, 2.45) is 0 Å². The van der Waals surface area contributed by atoms with E-state index in [4.69, 9.17) is 0 Å². The van der Waals surface area contributed by atoms with E-state index in [9.17, 15) is 5.26 Å². The minimum Gasteiger partial charge on any atom is -0.345 e. The number of rotatable bonds is 2. The maximum Gasteiger partial charge on any atom is 0.173 e. The predicted molar refractivity (Wildman–Crippen MR) is 78.7 cm³/mol. The molecule has 21 heavy (non-hydrogen) atoms. The van der Waals surface area contributed by atoms with Crippen LogP contribution in [0.1, 0.15) is 48.1 Å². The third kappa shape index (κ3) is 2.47. The van der Waals surface area contributed by atoms with Crippen LogP contribution in [0.25, 0.3) is 0 Å². The van der Waals surface area contributed by atoms with E-state index in [1.54, 1.807) is 6.20 Å². The van der Waals surface area contributed by atoms with Gasteiger partial charge in [0, 0.05) is 12.7 Å². The van der Waals surface area contributed by atoms with Gasteiger partial charge in [-0.3, -0.25) is 5.10 Å². The third-order valence-corrected chi connectivity index (χ3v) is 3.94. The van der Waals surface area contributed by atoms with Crippen molar-refractivity contribution in [3.05, 3.63) is 35.0 Å². The second-order valence-corrected chi connectivity index (χ2v) is 5.42. The van der Waals surface area contributed by atoms with Crippen LogP contribution in [-0.2, 0) is 0 Å². The van der Waals surface area contributed by atoms with Gasteiger partial charge in [0.25, 0.3) is 0 Å². The Labute approximate surface area is 123 Å². The number of nitrogens with zero attached hydrogens (tertiary/aromatic N) is 5. The minimum atomic E-state index is 0.0881. The van der Waals surface area contributed by atoms with Crippen LogP contribution >= 0.6 is 0 Å². The predicted octanol–water partition coefficient (Wildman–Crippen LogP) is 2.42. The highest BCUT2D eigenvalue weighted by atomic mass is 15.3. The molecule has 0 saturated carbocycles. The van der Waals surface area contributed by atoms with Crippen LogP contribution in [0.3, 0.4) is 0 Å². The zero-order valence-corrected chi connectivity index (χ0v) is 12.3. The Kier molecular flexibility index (Phi) is 3.57. The van der Waals surface area contributed by atoms with Crippen LogP contribution in [0, 0.1) is 25.2 Å². The standard InChI is InChI=1S/C15H18N6/c1-10-6-7-17-15(12(10)9-16)21-8-4-3-5-13(21)14-18-11(2)19-20-14/h6-7,13H,3-5,8H2,1-2H3,(H,18,19,20). The van der Waals surface area contributed by atoms with Crippen molar-refractivity contribution in [3.8, 4) is 6.07 Å². The Balaban J connectivity index is 2.03. The lowest BCUT2D eigenvalue weighted by Gasteiger charge is -2.35. The van der Waals surface area contributed by atoms with Crippen LogP contribution in [0.2, 0.25) is 0 Å². The number of nitriles is 1. The summed E-state index contributed by atoms with van der Waals surface area (Å²) in [5.74, 6) is 2.36. The molecule has 108 valence electrons. The maximum atomic E-state index is 9.44. The molecule has 0 aliphatic carbocycles. The topological polar surface area (TPSA) is 81.5 Å². The van der Waals surface area contributed by atoms with Crippen molar-refractivity contribution < 1.29 is 0 Å². The number of aromatic amines is 1. The summed E-state index contributed by atoms with van der Waals surface area (Å²) >= 11 is 0. The van der Waals surface area contributed by atoms with Crippen molar-refractivity contribution in [1.82, 2.24) is 20.2 Å². The van der Waals surface area contributed by atoms with Crippen molar-refractivity contribution in [2.75, 3.05) is 11.4 Å². The van der Waals surface area contributed by atoms with E-state index >= 15 is 0 Å². The highest BCUT2D eigenvalue weighted by molar-refractivity contribution is 5.58. The molecular weight excluding hydrogens is 264 g/mol. The molecule has 1 aliphatic heterocycles. The first-order valence-corrected chi connectivity index (χ1v) is 7.22. The Bertz CT molecular complexity index is 684. The van der Waals surface area contributed by atoms with E-state index in [1.807, 2.05) is 19.9 Å². The fourth-order valence-electron chi connectivity index (χ4n) is 2.86. The van der Waals surface area contributed by atoms with Gasteiger partial charge >= 0.3 is 0 Å². The van der Waals surface area contributed by atoms with Crippen LogP contribution < -0.4 is 4.90 Å². The highest BCUT2D eigenvalue weighted by Crippen LogP contribution is 2.34. The lowest BCUT2D eigenvalue weighted by Crippen LogP contribution is -2.35. The molecular formula is C15H18N6. The molecule has 1 saturated heterocycles. The summed E-state index contributed by atoms with van der Waals surface area (Å²) in [6, 6.07) is 4.25. The number of hydrogen-bond donors (Lipinski definition) is 1. The van der Waals surface area contributed by atoms with Gasteiger partial charge in [0.2, 0.25) is 0 Å². The smallest absolute Gasteiger partial charge is 0.173 e. The number of piperidine rings is 1. The molecule has 3 rings (SSSR count). The molecule has 2 aromatic heterocycles. The number of pyridine rings is 1. The fourth-order valence-corrected chi connectivity index (χ4v) is 2.86. The molecule has 1 fully saturated rings. The van der Waals surface area contributed by atoms with E-state index in [1.165, 1.54) is 0 Å². The van der Waals surface area contributed by atoms with Crippen molar-refractivity contribution in [3.63, 3.8) is 0 Å². The van der Waals surface area contributed by atoms with Crippen molar-refractivity contribution in [2.45, 2.75) is 39.2 Å². The number of hydrogen-bond acceptors (Lipinski definition) is 5. The van der Waals surface area contributed by atoms with Crippen LogP contribution in [-0.4, -0.2) is 26.7 Å². The first kappa shape index (κ1) is 13.6. The first-order chi connectivity index (χ1) is 10.2. The number of H-pyrrole nitrogens is 1. The summed E-state index contributed by atoms with van der Waals surface area (Å²) in [5, 5.41) is 16.6. The zero-order valence-electron chi connectivity index (χ0n) is 12.3. The number of aryl methyl sites for hydroxylation is 2. The second-order valence-electron chi connectivity index (χ2n) is 5.42. The van der Waals surface area contributed by atoms with Crippen molar-refractivity contribution in [1.29, 1.82) is 5.26 Å². The van der Waals surface area contributed by atoms with Crippen LogP contribution in [0.15, 0.2) is 12.3 Å². The molecule has 0 aromatic carbocycles. The van der Waals surface area contributed by atoms with Gasteiger partial charge in [-0.25, -0.2) is 9.97 Å². The molecule has 1 atom stereocenters. The van der Waals surface area contributed by atoms with Gasteiger partial charge in [-0.05, 0) is 44.7 Å². The second kappa shape index (κ2) is 5.52. The van der Waals surface area contributed by atoms with Gasteiger partial charge in [0.1, 0.15) is 17.7 Å². The number of nitrogens with one attached hydrogen (secondary N) is 1. The summed E-state index contributed by atoms with van der Waals surface area (Å²) in [7, 11) is 0. The summed E-state index contributed by atoms with van der Waals surface area (Å²) in [4.78, 5) is 11.1. The molecule has 1 N–H and O–H groups in total. The minimum absolute atomic E-state index is 0.0881. The molecule has 1 aliphatic rings. The molecule has 0 amide bonds. The average molecular weight is 282 g/mol. The molecule has 0 bridgehead atoms. The number of aromatic nitrogens is 4. The van der Waals surface area contributed by atoms with E-state index < -0.39 is 0 Å². The van der Waals surface area contributed by atoms with E-state index in [0.717, 1.165) is 48.8 Å².